The van der Waals surface area contributed by atoms with Gasteiger partial charge in [-0.05, 0) is 42.2 Å². The molecule has 6 nitrogen and oxygen atoms in total. The molecule has 2 N–H and O–H groups in total. The Morgan fingerprint density at radius 2 is 2.00 bits per heavy atom. The Kier molecular flexibility index (Phi) is 8.30. The molecule has 0 fully saturated rings. The molecule has 0 radical (unpaired) electrons. The molecule has 2 rings (SSSR count). The Bertz CT molecular complexity index is 670. The second-order valence-corrected chi connectivity index (χ2v) is 8.57. The molecule has 156 valence electrons. The highest BCUT2D eigenvalue weighted by molar-refractivity contribution is 5.85. The summed E-state index contributed by atoms with van der Waals surface area (Å²) in [6, 6.07) is 8.94. The Morgan fingerprint density at radius 1 is 1.29 bits per heavy atom. The Hall–Kier alpha value is -2.08. The zero-order valence-corrected chi connectivity index (χ0v) is 18.0. The van der Waals surface area contributed by atoms with Gasteiger partial charge in [-0.25, -0.2) is 4.99 Å². The molecule has 0 spiro atoms. The fourth-order valence-electron chi connectivity index (χ4n) is 3.24. The molecule has 1 aromatic rings. The lowest BCUT2D eigenvalue weighted by Gasteiger charge is -2.30. The summed E-state index contributed by atoms with van der Waals surface area (Å²) in [5.74, 6) is 0.707. The van der Waals surface area contributed by atoms with E-state index in [9.17, 15) is 4.79 Å². The predicted molar refractivity (Wildman–Crippen MR) is 115 cm³/mol. The molecule has 1 unspecified atom stereocenters. The summed E-state index contributed by atoms with van der Waals surface area (Å²) >= 11 is 0. The van der Waals surface area contributed by atoms with Crippen LogP contribution in [0, 0.1) is 5.41 Å². The van der Waals surface area contributed by atoms with E-state index in [1.165, 1.54) is 11.1 Å². The second kappa shape index (κ2) is 10.5. The molecule has 1 aliphatic carbocycles. The fraction of sp³-hybridized carbons (Fsp3) is 0.636. The van der Waals surface area contributed by atoms with Crippen LogP contribution in [0.2, 0.25) is 0 Å². The van der Waals surface area contributed by atoms with Crippen molar-refractivity contribution in [1.29, 1.82) is 0 Å². The van der Waals surface area contributed by atoms with Gasteiger partial charge in [0, 0.05) is 40.4 Å². The number of likely N-dealkylation sites (N-methyl/N-ethyl adjacent to an activating group) is 1. The highest BCUT2D eigenvalue weighted by Gasteiger charge is 2.22. The van der Waals surface area contributed by atoms with Crippen molar-refractivity contribution in [3.63, 3.8) is 0 Å². The van der Waals surface area contributed by atoms with Gasteiger partial charge >= 0.3 is 0 Å². The van der Waals surface area contributed by atoms with Crippen molar-refractivity contribution in [3.8, 4) is 0 Å². The van der Waals surface area contributed by atoms with Crippen LogP contribution in [0.1, 0.15) is 37.8 Å². The van der Waals surface area contributed by atoms with E-state index in [-0.39, 0.29) is 17.9 Å². The summed E-state index contributed by atoms with van der Waals surface area (Å²) in [7, 11) is 5.24. The van der Waals surface area contributed by atoms with Crippen molar-refractivity contribution in [3.05, 3.63) is 35.4 Å². The first-order valence-electron chi connectivity index (χ1n) is 10.1. The lowest BCUT2D eigenvalue weighted by atomic mass is 9.88. The van der Waals surface area contributed by atoms with E-state index in [0.29, 0.717) is 12.0 Å². The number of guanidine groups is 1. The van der Waals surface area contributed by atoms with E-state index < -0.39 is 0 Å². The van der Waals surface area contributed by atoms with Gasteiger partial charge in [0.2, 0.25) is 5.91 Å². The zero-order chi connectivity index (χ0) is 20.6. The summed E-state index contributed by atoms with van der Waals surface area (Å²) in [5, 5.41) is 7.00. The topological polar surface area (TPSA) is 66.0 Å². The van der Waals surface area contributed by atoms with Crippen LogP contribution >= 0.6 is 0 Å². The number of carbonyl (C=O) groups excluding carboxylic acids is 1. The third kappa shape index (κ3) is 7.15. The van der Waals surface area contributed by atoms with Crippen LogP contribution in [0.25, 0.3) is 0 Å². The minimum atomic E-state index is -0.00580. The molecule has 1 amide bonds. The quantitative estimate of drug-likeness (QED) is 0.529. The van der Waals surface area contributed by atoms with Gasteiger partial charge in [0.05, 0.1) is 0 Å². The average Bonchev–Trinajstić information content (AvgIpc) is 2.68. The molecule has 28 heavy (non-hydrogen) atoms. The monoisotopic (exact) mass is 388 g/mol. The minimum absolute atomic E-state index is 0.00580. The maximum absolute atomic E-state index is 12.0. The van der Waals surface area contributed by atoms with Gasteiger partial charge in [0.1, 0.15) is 6.54 Å². The highest BCUT2D eigenvalue weighted by Crippen LogP contribution is 2.21. The van der Waals surface area contributed by atoms with Crippen LogP contribution in [0.3, 0.4) is 0 Å². The van der Waals surface area contributed by atoms with Crippen LogP contribution in [0.15, 0.2) is 29.3 Å². The second-order valence-electron chi connectivity index (χ2n) is 8.57. The summed E-state index contributed by atoms with van der Waals surface area (Å²) < 4.78 is 5.22. The SMILES string of the molecule is COCCC(C)(C)CNC(=NCC(=O)N(C)C)NC1CCc2ccccc2C1. The normalized spacial score (nSPS) is 17.0. The van der Waals surface area contributed by atoms with Crippen molar-refractivity contribution in [2.45, 2.75) is 45.6 Å². The number of amides is 1. The van der Waals surface area contributed by atoms with Gasteiger partial charge < -0.3 is 20.3 Å². The zero-order valence-electron chi connectivity index (χ0n) is 18.0. The number of carbonyl (C=O) groups is 1. The molecule has 6 heteroatoms. The number of hydrogen-bond acceptors (Lipinski definition) is 3. The predicted octanol–water partition coefficient (Wildman–Crippen LogP) is 2.23. The van der Waals surface area contributed by atoms with Crippen molar-refractivity contribution >= 4 is 11.9 Å². The standard InChI is InChI=1S/C22H36N4O2/c1-22(2,12-13-28-5)16-24-21(23-15-20(27)26(3)4)25-19-11-10-17-8-6-7-9-18(17)14-19/h6-9,19H,10-16H2,1-5H3,(H2,23,24,25). The number of aryl methyl sites for hydroxylation is 1. The molecular formula is C22H36N4O2. The maximum atomic E-state index is 12.0. The van der Waals surface area contributed by atoms with Crippen molar-refractivity contribution < 1.29 is 9.53 Å². The minimum Gasteiger partial charge on any atom is -0.385 e. The number of ether oxygens (including phenoxy) is 1. The molecule has 0 aromatic heterocycles. The molecule has 1 aliphatic rings. The number of benzene rings is 1. The Balaban J connectivity index is 2.01. The number of nitrogens with one attached hydrogen (secondary N) is 2. The number of fused-ring (bicyclic) bond motifs is 1. The molecule has 0 saturated heterocycles. The third-order valence-electron chi connectivity index (χ3n) is 5.28. The average molecular weight is 389 g/mol. The van der Waals surface area contributed by atoms with Crippen LogP contribution in [-0.4, -0.2) is 63.7 Å². The van der Waals surface area contributed by atoms with Gasteiger partial charge in [0.15, 0.2) is 5.96 Å². The first-order chi connectivity index (χ1) is 13.3. The van der Waals surface area contributed by atoms with Gasteiger partial charge in [-0.2, -0.15) is 0 Å². The Labute approximate surface area is 169 Å². The van der Waals surface area contributed by atoms with Gasteiger partial charge in [0.25, 0.3) is 0 Å². The largest absolute Gasteiger partial charge is 0.385 e. The first kappa shape index (κ1) is 22.2. The number of aliphatic imine (C=N–C) groups is 1. The van der Waals surface area contributed by atoms with Crippen LogP contribution in [0.5, 0.6) is 0 Å². The molecule has 1 aromatic carbocycles. The maximum Gasteiger partial charge on any atom is 0.243 e. The number of hydrogen-bond donors (Lipinski definition) is 2. The summed E-state index contributed by atoms with van der Waals surface area (Å²) in [5.41, 5.74) is 2.91. The lowest BCUT2D eigenvalue weighted by molar-refractivity contribution is -0.127. The van der Waals surface area contributed by atoms with E-state index >= 15 is 0 Å². The smallest absolute Gasteiger partial charge is 0.243 e. The van der Waals surface area contributed by atoms with Crippen LogP contribution in [-0.2, 0) is 22.4 Å². The van der Waals surface area contributed by atoms with Gasteiger partial charge in [-0.1, -0.05) is 38.1 Å². The van der Waals surface area contributed by atoms with E-state index in [0.717, 1.165) is 38.8 Å². The molecule has 1 atom stereocenters. The summed E-state index contributed by atoms with van der Waals surface area (Å²) in [6.45, 7) is 6.05. The number of rotatable bonds is 8. The van der Waals surface area contributed by atoms with Crippen LogP contribution in [0.4, 0.5) is 0 Å². The molecule has 0 saturated carbocycles. The first-order valence-corrected chi connectivity index (χ1v) is 10.1. The number of methoxy groups -OCH3 is 1. The van der Waals surface area contributed by atoms with Crippen molar-refractivity contribution in [1.82, 2.24) is 15.5 Å². The summed E-state index contributed by atoms with van der Waals surface area (Å²) in [4.78, 5) is 18.1. The molecular weight excluding hydrogens is 352 g/mol. The van der Waals surface area contributed by atoms with Gasteiger partial charge in [-0.15, -0.1) is 0 Å². The Morgan fingerprint density at radius 3 is 2.68 bits per heavy atom. The molecule has 0 bridgehead atoms. The van der Waals surface area contributed by atoms with E-state index in [1.807, 2.05) is 0 Å². The van der Waals surface area contributed by atoms with E-state index in [1.54, 1.807) is 26.1 Å². The third-order valence-corrected chi connectivity index (χ3v) is 5.28. The summed E-state index contributed by atoms with van der Waals surface area (Å²) in [6.07, 6.45) is 4.06. The van der Waals surface area contributed by atoms with Crippen LogP contribution < -0.4 is 10.6 Å². The fourth-order valence-corrected chi connectivity index (χ4v) is 3.24. The highest BCUT2D eigenvalue weighted by atomic mass is 16.5. The molecule has 0 heterocycles. The van der Waals surface area contributed by atoms with Crippen molar-refractivity contribution in [2.24, 2.45) is 10.4 Å². The lowest BCUT2D eigenvalue weighted by Crippen LogP contribution is -2.48. The number of nitrogens with zero attached hydrogens (tertiary/aromatic N) is 2. The molecule has 0 aliphatic heterocycles. The van der Waals surface area contributed by atoms with Gasteiger partial charge in [-0.3, -0.25) is 4.79 Å². The van der Waals surface area contributed by atoms with Crippen molar-refractivity contribution in [2.75, 3.05) is 40.9 Å². The van der Waals surface area contributed by atoms with E-state index in [2.05, 4.69) is 53.7 Å². The van der Waals surface area contributed by atoms with E-state index in [4.69, 9.17) is 4.74 Å².